The van der Waals surface area contributed by atoms with Crippen LogP contribution in [0.3, 0.4) is 0 Å². The average molecular weight is 233 g/mol. The van der Waals surface area contributed by atoms with Gasteiger partial charge in [-0.2, -0.15) is 13.2 Å². The van der Waals surface area contributed by atoms with Crippen molar-refractivity contribution in [2.24, 2.45) is 5.84 Å². The lowest BCUT2D eigenvalue weighted by molar-refractivity contribution is -0.136. The molecule has 0 aliphatic carbocycles. The quantitative estimate of drug-likeness (QED) is 0.602. The van der Waals surface area contributed by atoms with Crippen molar-refractivity contribution in [1.82, 2.24) is 10.4 Å². The van der Waals surface area contributed by atoms with Crippen LogP contribution < -0.4 is 11.3 Å². The van der Waals surface area contributed by atoms with E-state index in [2.05, 4.69) is 10.4 Å². The lowest BCUT2D eigenvalue weighted by Gasteiger charge is -2.16. The van der Waals surface area contributed by atoms with Crippen molar-refractivity contribution in [3.05, 3.63) is 30.1 Å². The lowest BCUT2D eigenvalue weighted by atomic mass is 10.1. The molecule has 0 spiro atoms. The summed E-state index contributed by atoms with van der Waals surface area (Å²) < 4.78 is 36.0. The highest BCUT2D eigenvalue weighted by Crippen LogP contribution is 2.22. The van der Waals surface area contributed by atoms with Crippen LogP contribution in [-0.2, 0) is 6.42 Å². The minimum atomic E-state index is -4.14. The zero-order valence-electron chi connectivity index (χ0n) is 8.67. The van der Waals surface area contributed by atoms with Gasteiger partial charge in [0.2, 0.25) is 0 Å². The molecular formula is C10H14F3N3. The summed E-state index contributed by atoms with van der Waals surface area (Å²) in [6.45, 7) is 0. The highest BCUT2D eigenvalue weighted by Gasteiger charge is 2.28. The van der Waals surface area contributed by atoms with E-state index in [1.807, 2.05) is 0 Å². The smallest absolute Gasteiger partial charge is 0.271 e. The molecule has 0 saturated heterocycles. The van der Waals surface area contributed by atoms with Gasteiger partial charge in [-0.05, 0) is 18.6 Å². The van der Waals surface area contributed by atoms with Gasteiger partial charge in [0.15, 0.2) is 0 Å². The van der Waals surface area contributed by atoms with Crippen molar-refractivity contribution in [3.8, 4) is 0 Å². The number of alkyl halides is 3. The molecule has 1 aromatic rings. The summed E-state index contributed by atoms with van der Waals surface area (Å²) in [5, 5.41) is 0. The van der Waals surface area contributed by atoms with Crippen LogP contribution >= 0.6 is 0 Å². The van der Waals surface area contributed by atoms with Crippen molar-refractivity contribution in [2.75, 3.05) is 0 Å². The van der Waals surface area contributed by atoms with E-state index in [-0.39, 0.29) is 6.42 Å². The van der Waals surface area contributed by atoms with Crippen LogP contribution in [0.25, 0.3) is 0 Å². The number of nitrogens with one attached hydrogen (secondary N) is 1. The molecule has 0 aliphatic heterocycles. The maximum Gasteiger partial charge on any atom is 0.389 e. The molecule has 0 bridgehead atoms. The van der Waals surface area contributed by atoms with Gasteiger partial charge < -0.3 is 0 Å². The first-order chi connectivity index (χ1) is 7.51. The van der Waals surface area contributed by atoms with Crippen LogP contribution in [0.2, 0.25) is 0 Å². The normalized spacial score (nSPS) is 13.8. The first-order valence-corrected chi connectivity index (χ1v) is 4.94. The SMILES string of the molecule is NNC(CCC(F)(F)F)Cc1ccccn1. The molecule has 3 nitrogen and oxygen atoms in total. The molecule has 0 radical (unpaired) electrons. The van der Waals surface area contributed by atoms with Gasteiger partial charge in [0.05, 0.1) is 0 Å². The van der Waals surface area contributed by atoms with Gasteiger partial charge in [0, 0.05) is 30.8 Å². The number of hydrogen-bond donors (Lipinski definition) is 2. The summed E-state index contributed by atoms with van der Waals surface area (Å²) in [4.78, 5) is 4.03. The fraction of sp³-hybridized carbons (Fsp3) is 0.500. The molecule has 0 aromatic carbocycles. The number of rotatable bonds is 5. The van der Waals surface area contributed by atoms with Gasteiger partial charge >= 0.3 is 6.18 Å². The van der Waals surface area contributed by atoms with E-state index in [4.69, 9.17) is 5.84 Å². The van der Waals surface area contributed by atoms with Gasteiger partial charge in [-0.1, -0.05) is 6.07 Å². The molecule has 3 N–H and O–H groups in total. The van der Waals surface area contributed by atoms with Crippen LogP contribution in [0.1, 0.15) is 18.5 Å². The minimum absolute atomic E-state index is 0.0451. The third-order valence-electron chi connectivity index (χ3n) is 2.19. The van der Waals surface area contributed by atoms with Gasteiger partial charge in [-0.15, -0.1) is 0 Å². The number of nitrogens with two attached hydrogens (primary N) is 1. The van der Waals surface area contributed by atoms with E-state index in [1.54, 1.807) is 24.4 Å². The Kier molecular flexibility index (Phi) is 4.70. The average Bonchev–Trinajstić information content (AvgIpc) is 2.24. The third kappa shape index (κ3) is 5.09. The Morgan fingerprint density at radius 2 is 2.12 bits per heavy atom. The Morgan fingerprint density at radius 1 is 1.38 bits per heavy atom. The van der Waals surface area contributed by atoms with Gasteiger partial charge in [0.25, 0.3) is 0 Å². The number of halogens is 3. The first-order valence-electron chi connectivity index (χ1n) is 4.94. The van der Waals surface area contributed by atoms with E-state index in [9.17, 15) is 13.2 Å². The molecule has 1 rings (SSSR count). The van der Waals surface area contributed by atoms with Crippen LogP contribution in [0.4, 0.5) is 13.2 Å². The molecule has 0 saturated carbocycles. The Hall–Kier alpha value is -1.14. The van der Waals surface area contributed by atoms with E-state index < -0.39 is 18.6 Å². The van der Waals surface area contributed by atoms with E-state index in [1.165, 1.54) is 0 Å². The second-order valence-electron chi connectivity index (χ2n) is 3.54. The Labute approximate surface area is 91.8 Å². The number of aromatic nitrogens is 1. The zero-order valence-corrected chi connectivity index (χ0v) is 8.67. The first kappa shape index (κ1) is 12.9. The van der Waals surface area contributed by atoms with Crippen molar-refractivity contribution >= 4 is 0 Å². The molecule has 16 heavy (non-hydrogen) atoms. The van der Waals surface area contributed by atoms with Crippen molar-refractivity contribution < 1.29 is 13.2 Å². The summed E-state index contributed by atoms with van der Waals surface area (Å²) in [6.07, 6.45) is -3.02. The highest BCUT2D eigenvalue weighted by molar-refractivity contribution is 5.05. The molecule has 90 valence electrons. The monoisotopic (exact) mass is 233 g/mol. The zero-order chi connectivity index (χ0) is 12.0. The molecule has 1 atom stereocenters. The number of hydrazine groups is 1. The van der Waals surface area contributed by atoms with Gasteiger partial charge in [-0.3, -0.25) is 16.3 Å². The molecule has 1 aromatic heterocycles. The summed E-state index contributed by atoms with van der Waals surface area (Å²) in [7, 11) is 0. The predicted molar refractivity (Wildman–Crippen MR) is 54.3 cm³/mol. The Bertz CT molecular complexity index is 300. The van der Waals surface area contributed by atoms with E-state index in [0.29, 0.717) is 6.42 Å². The van der Waals surface area contributed by atoms with E-state index in [0.717, 1.165) is 5.69 Å². The standard InChI is InChI=1S/C10H14F3N3/c11-10(12,13)5-4-9(16-14)7-8-3-1-2-6-15-8/h1-3,6,9,16H,4-5,7,14H2. The fourth-order valence-electron chi connectivity index (χ4n) is 1.35. The second-order valence-corrected chi connectivity index (χ2v) is 3.54. The molecule has 0 amide bonds. The second kappa shape index (κ2) is 5.81. The van der Waals surface area contributed by atoms with E-state index >= 15 is 0 Å². The third-order valence-corrected chi connectivity index (χ3v) is 2.19. The van der Waals surface area contributed by atoms with Crippen molar-refractivity contribution in [1.29, 1.82) is 0 Å². The molecular weight excluding hydrogens is 219 g/mol. The maximum atomic E-state index is 12.0. The van der Waals surface area contributed by atoms with Gasteiger partial charge in [0.1, 0.15) is 0 Å². The number of hydrogen-bond acceptors (Lipinski definition) is 3. The molecule has 1 heterocycles. The largest absolute Gasteiger partial charge is 0.389 e. The summed E-state index contributed by atoms with van der Waals surface area (Å²) in [5.74, 6) is 5.20. The topological polar surface area (TPSA) is 50.9 Å². The molecule has 6 heteroatoms. The fourth-order valence-corrected chi connectivity index (χ4v) is 1.35. The maximum absolute atomic E-state index is 12.0. The summed E-state index contributed by atoms with van der Waals surface area (Å²) >= 11 is 0. The van der Waals surface area contributed by atoms with Crippen LogP contribution in [-0.4, -0.2) is 17.2 Å². The number of nitrogens with zero attached hydrogens (tertiary/aromatic N) is 1. The summed E-state index contributed by atoms with van der Waals surface area (Å²) in [6, 6.07) is 4.90. The molecule has 1 unspecified atom stereocenters. The van der Waals surface area contributed by atoms with Crippen LogP contribution in [0.15, 0.2) is 24.4 Å². The predicted octanol–water partition coefficient (Wildman–Crippen LogP) is 1.80. The van der Waals surface area contributed by atoms with Crippen molar-refractivity contribution in [2.45, 2.75) is 31.5 Å². The Balaban J connectivity index is 2.44. The lowest BCUT2D eigenvalue weighted by Crippen LogP contribution is -2.37. The summed E-state index contributed by atoms with van der Waals surface area (Å²) in [5.41, 5.74) is 3.11. The Morgan fingerprint density at radius 3 is 2.62 bits per heavy atom. The van der Waals surface area contributed by atoms with Crippen LogP contribution in [0.5, 0.6) is 0 Å². The van der Waals surface area contributed by atoms with Crippen LogP contribution in [0, 0.1) is 0 Å². The minimum Gasteiger partial charge on any atom is -0.271 e. The number of pyridine rings is 1. The van der Waals surface area contributed by atoms with Crippen molar-refractivity contribution in [3.63, 3.8) is 0 Å². The van der Waals surface area contributed by atoms with Gasteiger partial charge in [-0.25, -0.2) is 0 Å². The highest BCUT2D eigenvalue weighted by atomic mass is 19.4. The molecule has 0 aliphatic rings. The molecule has 0 fully saturated rings.